The molecular weight excluding hydrogens is 250 g/mol. The number of aromatic amines is 1. The van der Waals surface area contributed by atoms with Gasteiger partial charge in [-0.3, -0.25) is 5.10 Å². The van der Waals surface area contributed by atoms with Crippen molar-refractivity contribution < 1.29 is 5.11 Å². The van der Waals surface area contributed by atoms with Crippen molar-refractivity contribution in [3.05, 3.63) is 30.0 Å². The molecule has 1 aliphatic carbocycles. The molecular formula is C16H23N3O. The first-order valence-electron chi connectivity index (χ1n) is 7.51. The van der Waals surface area contributed by atoms with E-state index < -0.39 is 5.60 Å². The minimum absolute atomic E-state index is 0.443. The fraction of sp³-hybridized carbons (Fsp3) is 0.562. The summed E-state index contributed by atoms with van der Waals surface area (Å²) in [5, 5.41) is 22.2. The normalized spacial score (nSPS) is 19.5. The predicted molar refractivity (Wildman–Crippen MR) is 80.4 cm³/mol. The lowest BCUT2D eigenvalue weighted by Crippen LogP contribution is -2.43. The third-order valence-corrected chi connectivity index (χ3v) is 4.60. The molecule has 0 aliphatic heterocycles. The van der Waals surface area contributed by atoms with E-state index in [0.717, 1.165) is 30.3 Å². The zero-order valence-electron chi connectivity index (χ0n) is 12.0. The third-order valence-electron chi connectivity index (χ3n) is 4.60. The zero-order valence-corrected chi connectivity index (χ0v) is 12.0. The quantitative estimate of drug-likeness (QED) is 0.784. The van der Waals surface area contributed by atoms with E-state index in [1.807, 2.05) is 19.2 Å². The van der Waals surface area contributed by atoms with Crippen molar-refractivity contribution in [2.75, 3.05) is 6.54 Å². The summed E-state index contributed by atoms with van der Waals surface area (Å²) in [4.78, 5) is 0. The second kappa shape index (κ2) is 5.54. The Labute approximate surface area is 119 Å². The molecule has 1 aliphatic rings. The summed E-state index contributed by atoms with van der Waals surface area (Å²) in [6.07, 6.45) is 6.67. The molecule has 3 rings (SSSR count). The van der Waals surface area contributed by atoms with Crippen LogP contribution in [0.4, 0.5) is 0 Å². The molecule has 0 radical (unpaired) electrons. The van der Waals surface area contributed by atoms with E-state index in [-0.39, 0.29) is 0 Å². The van der Waals surface area contributed by atoms with Gasteiger partial charge < -0.3 is 10.4 Å². The number of nitrogens with one attached hydrogen (secondary N) is 2. The van der Waals surface area contributed by atoms with Gasteiger partial charge in [0.25, 0.3) is 0 Å². The van der Waals surface area contributed by atoms with E-state index in [4.69, 9.17) is 0 Å². The van der Waals surface area contributed by atoms with Crippen LogP contribution in [0.2, 0.25) is 0 Å². The Morgan fingerprint density at radius 2 is 2.20 bits per heavy atom. The largest absolute Gasteiger partial charge is 0.389 e. The summed E-state index contributed by atoms with van der Waals surface area (Å²) in [6, 6.07) is 6.19. The van der Waals surface area contributed by atoms with Gasteiger partial charge in [-0.05, 0) is 31.2 Å². The minimum Gasteiger partial charge on any atom is -0.389 e. The number of para-hydroxylation sites is 1. The van der Waals surface area contributed by atoms with Crippen molar-refractivity contribution in [2.24, 2.45) is 5.92 Å². The Morgan fingerprint density at radius 1 is 1.40 bits per heavy atom. The van der Waals surface area contributed by atoms with Crippen LogP contribution < -0.4 is 5.32 Å². The van der Waals surface area contributed by atoms with Crippen molar-refractivity contribution in [3.63, 3.8) is 0 Å². The second-order valence-electron chi connectivity index (χ2n) is 6.19. The monoisotopic (exact) mass is 273 g/mol. The van der Waals surface area contributed by atoms with Crippen LogP contribution in [0.5, 0.6) is 0 Å². The topological polar surface area (TPSA) is 60.9 Å². The molecule has 1 heterocycles. The number of aliphatic hydroxyl groups is 1. The fourth-order valence-electron chi connectivity index (χ4n) is 3.32. The van der Waals surface area contributed by atoms with Crippen LogP contribution in [0, 0.1) is 5.92 Å². The van der Waals surface area contributed by atoms with Gasteiger partial charge in [0, 0.05) is 18.5 Å². The molecule has 1 fully saturated rings. The molecule has 2 aromatic rings. The van der Waals surface area contributed by atoms with E-state index in [0.29, 0.717) is 12.5 Å². The zero-order chi connectivity index (χ0) is 14.0. The van der Waals surface area contributed by atoms with Gasteiger partial charge in [0.1, 0.15) is 0 Å². The highest BCUT2D eigenvalue weighted by atomic mass is 16.3. The Bertz CT molecular complexity index is 570. The first-order valence-corrected chi connectivity index (χ1v) is 7.51. The molecule has 0 amide bonds. The average molecular weight is 273 g/mol. The van der Waals surface area contributed by atoms with Crippen molar-refractivity contribution >= 4 is 10.9 Å². The highest BCUT2D eigenvalue weighted by molar-refractivity contribution is 5.81. The highest BCUT2D eigenvalue weighted by Crippen LogP contribution is 2.33. The maximum Gasteiger partial charge on any atom is 0.0771 e. The molecule has 108 valence electrons. The number of aromatic nitrogens is 2. The van der Waals surface area contributed by atoms with Crippen LogP contribution in [-0.2, 0) is 6.54 Å². The first-order chi connectivity index (χ1) is 9.67. The Hall–Kier alpha value is -1.39. The first kappa shape index (κ1) is 13.6. The van der Waals surface area contributed by atoms with Crippen molar-refractivity contribution in [1.82, 2.24) is 15.5 Å². The molecule has 1 aromatic heterocycles. The van der Waals surface area contributed by atoms with E-state index in [2.05, 4.69) is 27.6 Å². The SMILES string of the molecule is C[C@@](O)(CNCc1cccc2cn[nH]c12)C1CCCC1. The number of hydrogen-bond donors (Lipinski definition) is 3. The van der Waals surface area contributed by atoms with Gasteiger partial charge in [0.2, 0.25) is 0 Å². The smallest absolute Gasteiger partial charge is 0.0771 e. The van der Waals surface area contributed by atoms with Gasteiger partial charge in [-0.25, -0.2) is 0 Å². The maximum atomic E-state index is 10.6. The van der Waals surface area contributed by atoms with E-state index in [1.54, 1.807) is 0 Å². The Kier molecular flexibility index (Phi) is 3.76. The molecule has 20 heavy (non-hydrogen) atoms. The van der Waals surface area contributed by atoms with Crippen LogP contribution in [0.15, 0.2) is 24.4 Å². The molecule has 0 saturated heterocycles. The van der Waals surface area contributed by atoms with Crippen LogP contribution >= 0.6 is 0 Å². The standard InChI is InChI=1S/C16H23N3O/c1-16(20,14-7-2-3-8-14)11-17-9-12-5-4-6-13-10-18-19-15(12)13/h4-6,10,14,17,20H,2-3,7-9,11H2,1H3,(H,18,19)/t16-/m1/s1. The second-order valence-corrected chi connectivity index (χ2v) is 6.19. The molecule has 0 unspecified atom stereocenters. The summed E-state index contributed by atoms with van der Waals surface area (Å²) < 4.78 is 0. The molecule has 0 spiro atoms. The number of rotatable bonds is 5. The fourth-order valence-corrected chi connectivity index (χ4v) is 3.32. The third kappa shape index (κ3) is 2.72. The van der Waals surface area contributed by atoms with Crippen LogP contribution in [-0.4, -0.2) is 27.4 Å². The summed E-state index contributed by atoms with van der Waals surface area (Å²) in [5.41, 5.74) is 1.68. The maximum absolute atomic E-state index is 10.6. The predicted octanol–water partition coefficient (Wildman–Crippen LogP) is 2.59. The van der Waals surface area contributed by atoms with Gasteiger partial charge >= 0.3 is 0 Å². The summed E-state index contributed by atoms with van der Waals surface area (Å²) >= 11 is 0. The summed E-state index contributed by atoms with van der Waals surface area (Å²) in [7, 11) is 0. The lowest BCUT2D eigenvalue weighted by Gasteiger charge is -2.30. The molecule has 4 heteroatoms. The van der Waals surface area contributed by atoms with Crippen LogP contribution in [0.3, 0.4) is 0 Å². The van der Waals surface area contributed by atoms with Gasteiger partial charge in [0.15, 0.2) is 0 Å². The lowest BCUT2D eigenvalue weighted by molar-refractivity contribution is 0.00218. The summed E-state index contributed by atoms with van der Waals surface area (Å²) in [6.45, 7) is 3.36. The molecule has 4 nitrogen and oxygen atoms in total. The lowest BCUT2D eigenvalue weighted by atomic mass is 9.87. The Morgan fingerprint density at radius 3 is 3.00 bits per heavy atom. The Balaban J connectivity index is 1.61. The number of H-pyrrole nitrogens is 1. The van der Waals surface area contributed by atoms with E-state index in [1.165, 1.54) is 18.4 Å². The minimum atomic E-state index is -0.599. The molecule has 1 saturated carbocycles. The summed E-state index contributed by atoms with van der Waals surface area (Å²) in [5.74, 6) is 0.443. The molecule has 1 aromatic carbocycles. The van der Waals surface area contributed by atoms with Gasteiger partial charge in [-0.1, -0.05) is 31.0 Å². The number of benzene rings is 1. The van der Waals surface area contributed by atoms with E-state index >= 15 is 0 Å². The van der Waals surface area contributed by atoms with Crippen LogP contribution in [0.1, 0.15) is 38.2 Å². The van der Waals surface area contributed by atoms with Crippen molar-refractivity contribution in [1.29, 1.82) is 0 Å². The molecule has 0 bridgehead atoms. The number of hydrogen-bond acceptors (Lipinski definition) is 3. The number of fused-ring (bicyclic) bond motifs is 1. The van der Waals surface area contributed by atoms with Crippen molar-refractivity contribution in [2.45, 2.75) is 44.8 Å². The molecule has 3 N–H and O–H groups in total. The van der Waals surface area contributed by atoms with Gasteiger partial charge in [0.05, 0.1) is 17.3 Å². The van der Waals surface area contributed by atoms with Gasteiger partial charge in [-0.2, -0.15) is 5.10 Å². The molecule has 1 atom stereocenters. The van der Waals surface area contributed by atoms with Gasteiger partial charge in [-0.15, -0.1) is 0 Å². The number of nitrogens with zero attached hydrogens (tertiary/aromatic N) is 1. The average Bonchev–Trinajstić information content (AvgIpc) is 3.10. The highest BCUT2D eigenvalue weighted by Gasteiger charge is 2.33. The van der Waals surface area contributed by atoms with Crippen molar-refractivity contribution in [3.8, 4) is 0 Å². The van der Waals surface area contributed by atoms with E-state index in [9.17, 15) is 5.11 Å². The van der Waals surface area contributed by atoms with Crippen LogP contribution in [0.25, 0.3) is 10.9 Å².